The van der Waals surface area contributed by atoms with Crippen LogP contribution >= 0.6 is 0 Å². The van der Waals surface area contributed by atoms with E-state index in [1.165, 1.54) is 44.9 Å². The van der Waals surface area contributed by atoms with Crippen molar-refractivity contribution in [2.45, 2.75) is 63.6 Å². The van der Waals surface area contributed by atoms with Gasteiger partial charge in [0.1, 0.15) is 0 Å². The summed E-state index contributed by atoms with van der Waals surface area (Å²) in [5, 5.41) is 12.1. The predicted octanol–water partition coefficient (Wildman–Crippen LogP) is 1.77. The molecule has 0 aliphatic heterocycles. The second kappa shape index (κ2) is 4.72. The van der Waals surface area contributed by atoms with Crippen LogP contribution in [0, 0.1) is 0 Å². The lowest BCUT2D eigenvalue weighted by Crippen LogP contribution is -2.33. The van der Waals surface area contributed by atoms with Crippen molar-refractivity contribution in [3.05, 3.63) is 5.82 Å². The van der Waals surface area contributed by atoms with Gasteiger partial charge in [-0.25, -0.2) is 4.68 Å². The van der Waals surface area contributed by atoms with Gasteiger partial charge in [-0.2, -0.15) is 0 Å². The van der Waals surface area contributed by atoms with Gasteiger partial charge in [-0.3, -0.25) is 4.90 Å². The fraction of sp³-hybridized carbons (Fsp3) is 0.917. The van der Waals surface area contributed by atoms with Gasteiger partial charge in [-0.1, -0.05) is 19.3 Å². The van der Waals surface area contributed by atoms with Crippen LogP contribution in [0.25, 0.3) is 0 Å². The minimum atomic E-state index is 0.583. The summed E-state index contributed by atoms with van der Waals surface area (Å²) >= 11 is 0. The predicted molar refractivity (Wildman–Crippen MR) is 64.4 cm³/mol. The SMILES string of the molecule is CN(Cc1nnnn1C1CC1)C1CCCCC1. The first-order valence-electron chi connectivity index (χ1n) is 6.81. The molecule has 3 rings (SSSR count). The second-order valence-electron chi connectivity index (χ2n) is 5.48. The van der Waals surface area contributed by atoms with Crippen LogP contribution in [0.5, 0.6) is 0 Å². The summed E-state index contributed by atoms with van der Waals surface area (Å²) in [6.07, 6.45) is 9.31. The molecule has 94 valence electrons. The molecule has 0 spiro atoms. The minimum Gasteiger partial charge on any atom is -0.296 e. The van der Waals surface area contributed by atoms with Gasteiger partial charge in [0.15, 0.2) is 5.82 Å². The molecule has 0 aromatic carbocycles. The van der Waals surface area contributed by atoms with Gasteiger partial charge in [0, 0.05) is 6.04 Å². The Morgan fingerprint density at radius 2 is 1.94 bits per heavy atom. The Morgan fingerprint density at radius 1 is 1.18 bits per heavy atom. The van der Waals surface area contributed by atoms with Gasteiger partial charge in [0.2, 0.25) is 0 Å². The highest BCUT2D eigenvalue weighted by molar-refractivity contribution is 4.91. The van der Waals surface area contributed by atoms with Crippen LogP contribution in [0.3, 0.4) is 0 Å². The van der Waals surface area contributed by atoms with E-state index in [1.807, 2.05) is 4.68 Å². The van der Waals surface area contributed by atoms with Crippen molar-refractivity contribution in [1.82, 2.24) is 25.1 Å². The standard InChI is InChI=1S/C12H21N5/c1-16(10-5-3-2-4-6-10)9-12-13-14-15-17(12)11-7-8-11/h10-11H,2-9H2,1H3. The maximum atomic E-state index is 4.17. The minimum absolute atomic E-state index is 0.583. The van der Waals surface area contributed by atoms with Crippen LogP contribution in [-0.4, -0.2) is 38.2 Å². The summed E-state index contributed by atoms with van der Waals surface area (Å²) < 4.78 is 2.03. The molecule has 0 amide bonds. The van der Waals surface area contributed by atoms with E-state index in [1.54, 1.807) is 0 Å². The van der Waals surface area contributed by atoms with Crippen molar-refractivity contribution in [3.8, 4) is 0 Å². The van der Waals surface area contributed by atoms with E-state index in [-0.39, 0.29) is 0 Å². The van der Waals surface area contributed by atoms with Gasteiger partial charge in [0.25, 0.3) is 0 Å². The number of tetrazole rings is 1. The third-order valence-electron chi connectivity index (χ3n) is 4.04. The average molecular weight is 235 g/mol. The van der Waals surface area contributed by atoms with Crippen molar-refractivity contribution in [2.75, 3.05) is 7.05 Å². The molecule has 2 saturated carbocycles. The van der Waals surface area contributed by atoms with Crippen LogP contribution in [0.1, 0.15) is 56.8 Å². The summed E-state index contributed by atoms with van der Waals surface area (Å²) in [5.41, 5.74) is 0. The Balaban J connectivity index is 1.62. The van der Waals surface area contributed by atoms with Crippen molar-refractivity contribution in [2.24, 2.45) is 0 Å². The first kappa shape index (κ1) is 11.1. The van der Waals surface area contributed by atoms with E-state index < -0.39 is 0 Å². The van der Waals surface area contributed by atoms with Crippen molar-refractivity contribution in [1.29, 1.82) is 0 Å². The maximum absolute atomic E-state index is 4.17. The molecule has 5 nitrogen and oxygen atoms in total. The van der Waals surface area contributed by atoms with Crippen LogP contribution < -0.4 is 0 Å². The summed E-state index contributed by atoms with van der Waals surface area (Å²) in [6, 6.07) is 1.31. The number of hydrogen-bond acceptors (Lipinski definition) is 4. The van der Waals surface area contributed by atoms with Crippen molar-refractivity contribution >= 4 is 0 Å². The van der Waals surface area contributed by atoms with E-state index in [2.05, 4.69) is 27.5 Å². The fourth-order valence-electron chi connectivity index (χ4n) is 2.79. The zero-order valence-corrected chi connectivity index (χ0v) is 10.5. The number of rotatable bonds is 4. The Hall–Kier alpha value is -0.970. The highest BCUT2D eigenvalue weighted by Crippen LogP contribution is 2.34. The van der Waals surface area contributed by atoms with Crippen LogP contribution in [0.4, 0.5) is 0 Å². The van der Waals surface area contributed by atoms with Crippen LogP contribution in [-0.2, 0) is 6.54 Å². The lowest BCUT2D eigenvalue weighted by molar-refractivity contribution is 0.178. The van der Waals surface area contributed by atoms with Gasteiger partial charge in [0.05, 0.1) is 12.6 Å². The van der Waals surface area contributed by atoms with E-state index >= 15 is 0 Å². The molecular formula is C12H21N5. The van der Waals surface area contributed by atoms with E-state index in [0.717, 1.165) is 18.4 Å². The molecule has 0 unspecified atom stereocenters. The maximum Gasteiger partial charge on any atom is 0.165 e. The molecule has 0 atom stereocenters. The quantitative estimate of drug-likeness (QED) is 0.798. The third kappa shape index (κ3) is 2.49. The topological polar surface area (TPSA) is 46.8 Å². The van der Waals surface area contributed by atoms with Crippen LogP contribution in [0.2, 0.25) is 0 Å². The molecule has 2 aliphatic rings. The number of hydrogen-bond donors (Lipinski definition) is 0. The lowest BCUT2D eigenvalue weighted by atomic mass is 9.94. The summed E-state index contributed by atoms with van der Waals surface area (Å²) in [7, 11) is 2.21. The van der Waals surface area contributed by atoms with E-state index in [0.29, 0.717) is 6.04 Å². The summed E-state index contributed by atoms with van der Waals surface area (Å²) in [4.78, 5) is 2.43. The van der Waals surface area contributed by atoms with Crippen molar-refractivity contribution in [3.63, 3.8) is 0 Å². The Labute approximate surface area is 102 Å². The molecular weight excluding hydrogens is 214 g/mol. The zero-order chi connectivity index (χ0) is 11.7. The summed E-state index contributed by atoms with van der Waals surface area (Å²) in [6.45, 7) is 0.897. The molecule has 2 aliphatic carbocycles. The average Bonchev–Trinajstić information content (AvgIpc) is 3.11. The van der Waals surface area contributed by atoms with Gasteiger partial charge >= 0.3 is 0 Å². The second-order valence-corrected chi connectivity index (χ2v) is 5.48. The first-order valence-corrected chi connectivity index (χ1v) is 6.81. The number of aromatic nitrogens is 4. The third-order valence-corrected chi connectivity index (χ3v) is 4.04. The highest BCUT2D eigenvalue weighted by atomic mass is 15.6. The van der Waals surface area contributed by atoms with Gasteiger partial charge in [-0.15, -0.1) is 5.10 Å². The lowest BCUT2D eigenvalue weighted by Gasteiger charge is -2.30. The van der Waals surface area contributed by atoms with Crippen LogP contribution in [0.15, 0.2) is 0 Å². The molecule has 0 N–H and O–H groups in total. The van der Waals surface area contributed by atoms with Crippen molar-refractivity contribution < 1.29 is 0 Å². The molecule has 2 fully saturated rings. The van der Waals surface area contributed by atoms with Gasteiger partial charge in [-0.05, 0) is 43.2 Å². The first-order chi connectivity index (χ1) is 8.34. The Kier molecular flexibility index (Phi) is 3.09. The summed E-state index contributed by atoms with van der Waals surface area (Å²) in [5.74, 6) is 1.04. The largest absolute Gasteiger partial charge is 0.296 e. The smallest absolute Gasteiger partial charge is 0.165 e. The molecule has 0 bridgehead atoms. The zero-order valence-electron chi connectivity index (χ0n) is 10.5. The Morgan fingerprint density at radius 3 is 2.65 bits per heavy atom. The molecule has 17 heavy (non-hydrogen) atoms. The molecule has 1 aromatic rings. The van der Waals surface area contributed by atoms with E-state index in [9.17, 15) is 0 Å². The van der Waals surface area contributed by atoms with Gasteiger partial charge < -0.3 is 0 Å². The number of nitrogens with zero attached hydrogens (tertiary/aromatic N) is 5. The fourth-order valence-corrected chi connectivity index (χ4v) is 2.79. The highest BCUT2D eigenvalue weighted by Gasteiger charge is 2.28. The molecule has 0 saturated heterocycles. The van der Waals surface area contributed by atoms with E-state index in [4.69, 9.17) is 0 Å². The monoisotopic (exact) mass is 235 g/mol. The molecule has 1 heterocycles. The molecule has 1 aromatic heterocycles. The Bertz CT molecular complexity index is 365. The normalized spacial score (nSPS) is 22.2. The molecule has 5 heteroatoms. The molecule has 0 radical (unpaired) electrons.